The van der Waals surface area contributed by atoms with Crippen LogP contribution in [0.15, 0.2) is 0 Å². The molecule has 0 aromatic heterocycles. The second-order valence-electron chi connectivity index (χ2n) is 5.17. The summed E-state index contributed by atoms with van der Waals surface area (Å²) in [5, 5.41) is 0. The summed E-state index contributed by atoms with van der Waals surface area (Å²) in [6.45, 7) is 12.0. The second-order valence-corrected chi connectivity index (χ2v) is 5.17. The molecule has 0 spiro atoms. The molecule has 1 rings (SSSR count). The molecule has 0 heterocycles. The molecule has 0 aromatic rings. The van der Waals surface area contributed by atoms with Crippen LogP contribution in [-0.2, 0) is 0 Å². The largest absolute Gasteiger partial charge is 0.0654 e. The van der Waals surface area contributed by atoms with Gasteiger partial charge in [0.05, 0.1) is 0 Å². The van der Waals surface area contributed by atoms with Crippen LogP contribution in [-0.4, -0.2) is 0 Å². The molecule has 1 aliphatic carbocycles. The highest BCUT2D eigenvalue weighted by Crippen LogP contribution is 2.65. The number of hydrogen-bond acceptors (Lipinski definition) is 0. The first kappa shape index (κ1) is 11.1. The van der Waals surface area contributed by atoms with Gasteiger partial charge in [-0.3, -0.25) is 0 Å². The van der Waals surface area contributed by atoms with E-state index in [1.165, 1.54) is 25.7 Å². The summed E-state index contributed by atoms with van der Waals surface area (Å²) in [4.78, 5) is 0. The SMILES string of the molecule is CCCC(C)C1C(CC)C1(C)CC. The molecule has 1 saturated carbocycles. The van der Waals surface area contributed by atoms with Gasteiger partial charge in [-0.25, -0.2) is 0 Å². The van der Waals surface area contributed by atoms with Crippen molar-refractivity contribution in [1.29, 1.82) is 0 Å². The molecule has 1 aliphatic rings. The quantitative estimate of drug-likeness (QED) is 0.587. The molecule has 0 N–H and O–H groups in total. The van der Waals surface area contributed by atoms with Crippen LogP contribution in [0.25, 0.3) is 0 Å². The minimum absolute atomic E-state index is 0.698. The van der Waals surface area contributed by atoms with Gasteiger partial charge in [-0.1, -0.05) is 60.3 Å². The highest BCUT2D eigenvalue weighted by molar-refractivity contribution is 5.07. The molecule has 78 valence electrons. The van der Waals surface area contributed by atoms with Crippen LogP contribution in [0.2, 0.25) is 0 Å². The smallest absolute Gasteiger partial charge is 0.0264 e. The van der Waals surface area contributed by atoms with E-state index in [0.29, 0.717) is 5.41 Å². The zero-order valence-corrected chi connectivity index (χ0v) is 10.1. The van der Waals surface area contributed by atoms with Gasteiger partial charge in [0, 0.05) is 0 Å². The summed E-state index contributed by atoms with van der Waals surface area (Å²) in [5.41, 5.74) is 0.698. The highest BCUT2D eigenvalue weighted by Gasteiger charge is 2.59. The lowest BCUT2D eigenvalue weighted by atomic mass is 9.92. The van der Waals surface area contributed by atoms with E-state index in [9.17, 15) is 0 Å². The minimum atomic E-state index is 0.698. The summed E-state index contributed by atoms with van der Waals surface area (Å²) in [7, 11) is 0. The van der Waals surface area contributed by atoms with E-state index in [2.05, 4.69) is 34.6 Å². The Balaban J connectivity index is 2.52. The topological polar surface area (TPSA) is 0 Å². The van der Waals surface area contributed by atoms with Crippen LogP contribution in [0.1, 0.15) is 60.3 Å². The average Bonchev–Trinajstić information content (AvgIpc) is 2.72. The molecular weight excluding hydrogens is 156 g/mol. The fourth-order valence-electron chi connectivity index (χ4n) is 3.60. The van der Waals surface area contributed by atoms with Crippen LogP contribution in [0, 0.1) is 23.2 Å². The fourth-order valence-corrected chi connectivity index (χ4v) is 3.60. The van der Waals surface area contributed by atoms with Crippen LogP contribution >= 0.6 is 0 Å². The van der Waals surface area contributed by atoms with Crippen molar-refractivity contribution in [3.05, 3.63) is 0 Å². The Bertz CT molecular complexity index is 161. The predicted molar refractivity (Wildman–Crippen MR) is 59.7 cm³/mol. The first-order valence-corrected chi connectivity index (χ1v) is 6.11. The molecule has 0 aliphatic heterocycles. The Morgan fingerprint density at radius 2 is 1.85 bits per heavy atom. The van der Waals surface area contributed by atoms with Gasteiger partial charge in [0.15, 0.2) is 0 Å². The van der Waals surface area contributed by atoms with Crippen LogP contribution in [0.3, 0.4) is 0 Å². The molecule has 4 atom stereocenters. The Labute approximate surface area is 84.1 Å². The van der Waals surface area contributed by atoms with Gasteiger partial charge in [0.25, 0.3) is 0 Å². The molecule has 4 unspecified atom stereocenters. The normalized spacial score (nSPS) is 40.4. The average molecular weight is 182 g/mol. The van der Waals surface area contributed by atoms with E-state index in [0.717, 1.165) is 17.8 Å². The first-order chi connectivity index (χ1) is 6.11. The Morgan fingerprint density at radius 1 is 1.23 bits per heavy atom. The maximum atomic E-state index is 2.50. The van der Waals surface area contributed by atoms with Crippen molar-refractivity contribution in [1.82, 2.24) is 0 Å². The predicted octanol–water partition coefficient (Wildman–Crippen LogP) is 4.49. The van der Waals surface area contributed by atoms with E-state index in [1.807, 2.05) is 0 Å². The van der Waals surface area contributed by atoms with Gasteiger partial charge < -0.3 is 0 Å². The Morgan fingerprint density at radius 3 is 2.15 bits per heavy atom. The van der Waals surface area contributed by atoms with E-state index < -0.39 is 0 Å². The van der Waals surface area contributed by atoms with E-state index in [-0.39, 0.29) is 0 Å². The van der Waals surface area contributed by atoms with Gasteiger partial charge in [0.1, 0.15) is 0 Å². The van der Waals surface area contributed by atoms with Gasteiger partial charge in [-0.05, 0) is 23.2 Å². The van der Waals surface area contributed by atoms with Crippen LogP contribution < -0.4 is 0 Å². The van der Waals surface area contributed by atoms with Crippen molar-refractivity contribution in [3.8, 4) is 0 Å². The summed E-state index contributed by atoms with van der Waals surface area (Å²) in [6, 6.07) is 0. The summed E-state index contributed by atoms with van der Waals surface area (Å²) >= 11 is 0. The van der Waals surface area contributed by atoms with Gasteiger partial charge in [0.2, 0.25) is 0 Å². The van der Waals surface area contributed by atoms with Crippen molar-refractivity contribution in [2.75, 3.05) is 0 Å². The zero-order chi connectivity index (χ0) is 10.1. The molecule has 0 nitrogen and oxygen atoms in total. The first-order valence-electron chi connectivity index (χ1n) is 6.11. The molecular formula is C13H26. The Hall–Kier alpha value is 0. The van der Waals surface area contributed by atoms with E-state index in [4.69, 9.17) is 0 Å². The second kappa shape index (κ2) is 4.02. The zero-order valence-electron chi connectivity index (χ0n) is 10.1. The van der Waals surface area contributed by atoms with Gasteiger partial charge in [-0.2, -0.15) is 0 Å². The molecule has 0 amide bonds. The third kappa shape index (κ3) is 1.78. The van der Waals surface area contributed by atoms with Crippen molar-refractivity contribution < 1.29 is 0 Å². The molecule has 0 radical (unpaired) electrons. The molecule has 0 heteroatoms. The number of rotatable bonds is 5. The third-order valence-corrected chi connectivity index (χ3v) is 4.49. The van der Waals surface area contributed by atoms with Crippen molar-refractivity contribution in [2.45, 2.75) is 60.3 Å². The molecule has 13 heavy (non-hydrogen) atoms. The van der Waals surface area contributed by atoms with Gasteiger partial charge in [-0.15, -0.1) is 0 Å². The third-order valence-electron chi connectivity index (χ3n) is 4.49. The molecule has 1 fully saturated rings. The lowest BCUT2D eigenvalue weighted by Crippen LogP contribution is -2.04. The molecule has 0 aromatic carbocycles. The fraction of sp³-hybridized carbons (Fsp3) is 1.00. The lowest BCUT2D eigenvalue weighted by Gasteiger charge is -2.13. The number of hydrogen-bond donors (Lipinski definition) is 0. The van der Waals surface area contributed by atoms with E-state index >= 15 is 0 Å². The van der Waals surface area contributed by atoms with Crippen molar-refractivity contribution in [2.24, 2.45) is 23.2 Å². The standard InChI is InChI=1S/C13H26/c1-6-9-10(4)12-11(7-2)13(12,5)8-3/h10-12H,6-9H2,1-5H3. The minimum Gasteiger partial charge on any atom is -0.0654 e. The van der Waals surface area contributed by atoms with E-state index in [1.54, 1.807) is 0 Å². The summed E-state index contributed by atoms with van der Waals surface area (Å²) in [5.74, 6) is 3.02. The maximum Gasteiger partial charge on any atom is -0.0264 e. The Kier molecular flexibility index (Phi) is 3.43. The molecule has 0 bridgehead atoms. The summed E-state index contributed by atoms with van der Waals surface area (Å²) in [6.07, 6.45) is 5.55. The van der Waals surface area contributed by atoms with Crippen molar-refractivity contribution >= 4 is 0 Å². The maximum absolute atomic E-state index is 2.50. The van der Waals surface area contributed by atoms with Crippen LogP contribution in [0.4, 0.5) is 0 Å². The monoisotopic (exact) mass is 182 g/mol. The highest BCUT2D eigenvalue weighted by atomic mass is 14.6. The van der Waals surface area contributed by atoms with Gasteiger partial charge >= 0.3 is 0 Å². The van der Waals surface area contributed by atoms with Crippen LogP contribution in [0.5, 0.6) is 0 Å². The summed E-state index contributed by atoms with van der Waals surface area (Å²) < 4.78 is 0. The lowest BCUT2D eigenvalue weighted by molar-refractivity contribution is 0.370. The van der Waals surface area contributed by atoms with Crippen molar-refractivity contribution in [3.63, 3.8) is 0 Å². The molecule has 0 saturated heterocycles.